The van der Waals surface area contributed by atoms with Gasteiger partial charge in [-0.25, -0.2) is 0 Å². The molecule has 0 aliphatic carbocycles. The van der Waals surface area contributed by atoms with Crippen molar-refractivity contribution < 1.29 is 9.84 Å². The summed E-state index contributed by atoms with van der Waals surface area (Å²) < 4.78 is 5.46. The van der Waals surface area contributed by atoms with E-state index in [9.17, 15) is 5.11 Å². The van der Waals surface area contributed by atoms with Gasteiger partial charge in [0.25, 0.3) is 0 Å². The molecule has 160 valence electrons. The minimum Gasteiger partial charge on any atom is -0.497 e. The second-order valence-electron chi connectivity index (χ2n) is 7.96. The van der Waals surface area contributed by atoms with Crippen LogP contribution in [0.25, 0.3) is 0 Å². The molecule has 0 aliphatic heterocycles. The van der Waals surface area contributed by atoms with Gasteiger partial charge in [0.05, 0.1) is 12.4 Å². The van der Waals surface area contributed by atoms with E-state index in [2.05, 4.69) is 6.92 Å². The van der Waals surface area contributed by atoms with Crippen LogP contribution in [0.2, 0.25) is 0 Å². The fourth-order valence-electron chi connectivity index (χ4n) is 3.39. The van der Waals surface area contributed by atoms with Crippen molar-refractivity contribution in [2.75, 3.05) is 0 Å². The van der Waals surface area contributed by atoms with Crippen LogP contribution in [-0.4, -0.2) is 17.3 Å². The summed E-state index contributed by atoms with van der Waals surface area (Å²) in [5.41, 5.74) is 7.20. The lowest BCUT2D eigenvalue weighted by Crippen LogP contribution is -2.33. The van der Waals surface area contributed by atoms with Crippen LogP contribution in [0.3, 0.4) is 0 Å². The van der Waals surface area contributed by atoms with E-state index in [1.165, 1.54) is 70.6 Å². The molecule has 0 heterocycles. The maximum Gasteiger partial charge on any atom is 0.112 e. The predicted molar refractivity (Wildman–Crippen MR) is 120 cm³/mol. The van der Waals surface area contributed by atoms with Crippen molar-refractivity contribution in [3.05, 3.63) is 48.2 Å². The van der Waals surface area contributed by atoms with E-state index in [1.54, 1.807) is 12.3 Å². The summed E-state index contributed by atoms with van der Waals surface area (Å²) in [6.07, 6.45) is 19.5. The Bertz CT molecular complexity index is 475. The van der Waals surface area contributed by atoms with Crippen LogP contribution < -0.4 is 5.73 Å². The highest BCUT2D eigenvalue weighted by Crippen LogP contribution is 2.13. The molecule has 0 bridgehead atoms. The van der Waals surface area contributed by atoms with Crippen molar-refractivity contribution in [1.29, 1.82) is 0 Å². The SMILES string of the molecule is CCCCCCCCCCCCCC[C@@H](N)[C@@H](O)/C=C/OCc1ccccc1. The quantitative estimate of drug-likeness (QED) is 0.223. The molecule has 3 N–H and O–H groups in total. The average Bonchev–Trinajstić information content (AvgIpc) is 2.72. The van der Waals surface area contributed by atoms with Gasteiger partial charge in [0, 0.05) is 6.04 Å². The van der Waals surface area contributed by atoms with Crippen LogP contribution in [0.15, 0.2) is 42.7 Å². The lowest BCUT2D eigenvalue weighted by atomic mass is 10.0. The summed E-state index contributed by atoms with van der Waals surface area (Å²) in [4.78, 5) is 0. The second kappa shape index (κ2) is 17.8. The second-order valence-corrected chi connectivity index (χ2v) is 7.96. The standard InChI is InChI=1S/C25H43NO2/c1-2-3-4-5-6-7-8-9-10-11-12-16-19-24(26)25(27)20-21-28-22-23-17-14-13-15-18-23/h13-15,17-18,20-21,24-25,27H,2-12,16,19,22,26H2,1H3/b21-20+/t24-,25+/m1/s1. The first kappa shape index (κ1) is 24.7. The topological polar surface area (TPSA) is 55.5 Å². The van der Waals surface area contributed by atoms with Gasteiger partial charge in [0.1, 0.15) is 6.61 Å². The maximum absolute atomic E-state index is 10.1. The molecule has 1 aromatic rings. The number of ether oxygens (including phenoxy) is 1. The van der Waals surface area contributed by atoms with Gasteiger partial charge < -0.3 is 15.6 Å². The number of hydrogen-bond acceptors (Lipinski definition) is 3. The Morgan fingerprint density at radius 2 is 1.39 bits per heavy atom. The molecule has 0 aromatic heterocycles. The molecular formula is C25H43NO2. The number of rotatable bonds is 18. The third kappa shape index (κ3) is 13.8. The molecule has 0 amide bonds. The van der Waals surface area contributed by atoms with Crippen molar-refractivity contribution in [1.82, 2.24) is 0 Å². The number of aliphatic hydroxyl groups is 1. The largest absolute Gasteiger partial charge is 0.497 e. The van der Waals surface area contributed by atoms with Crippen LogP contribution in [0.5, 0.6) is 0 Å². The van der Waals surface area contributed by atoms with Gasteiger partial charge >= 0.3 is 0 Å². The molecule has 0 radical (unpaired) electrons. The van der Waals surface area contributed by atoms with Crippen LogP contribution >= 0.6 is 0 Å². The number of unbranched alkanes of at least 4 members (excludes halogenated alkanes) is 11. The number of aliphatic hydroxyl groups excluding tert-OH is 1. The van der Waals surface area contributed by atoms with E-state index >= 15 is 0 Å². The Labute approximate surface area is 173 Å². The first-order valence-electron chi connectivity index (χ1n) is 11.5. The molecule has 0 spiro atoms. The van der Waals surface area contributed by atoms with Gasteiger partial charge in [-0.15, -0.1) is 0 Å². The third-order valence-electron chi connectivity index (χ3n) is 5.29. The fraction of sp³-hybridized carbons (Fsp3) is 0.680. The normalized spacial score (nSPS) is 13.7. The van der Waals surface area contributed by atoms with Crippen molar-refractivity contribution in [3.63, 3.8) is 0 Å². The molecular weight excluding hydrogens is 346 g/mol. The molecule has 3 nitrogen and oxygen atoms in total. The van der Waals surface area contributed by atoms with Gasteiger partial charge in [-0.05, 0) is 18.1 Å². The highest BCUT2D eigenvalue weighted by molar-refractivity contribution is 5.13. The van der Waals surface area contributed by atoms with Crippen LogP contribution in [0.4, 0.5) is 0 Å². The van der Waals surface area contributed by atoms with Crippen molar-refractivity contribution in [3.8, 4) is 0 Å². The van der Waals surface area contributed by atoms with Crippen LogP contribution in [-0.2, 0) is 11.3 Å². The van der Waals surface area contributed by atoms with E-state index in [-0.39, 0.29) is 6.04 Å². The lowest BCUT2D eigenvalue weighted by Gasteiger charge is -2.15. The Morgan fingerprint density at radius 1 is 0.857 bits per heavy atom. The van der Waals surface area contributed by atoms with Gasteiger partial charge in [-0.2, -0.15) is 0 Å². The molecule has 0 aliphatic rings. The fourth-order valence-corrected chi connectivity index (χ4v) is 3.39. The molecule has 1 aromatic carbocycles. The Balaban J connectivity index is 1.92. The van der Waals surface area contributed by atoms with E-state index in [0.717, 1.165) is 18.4 Å². The van der Waals surface area contributed by atoms with Gasteiger partial charge in [0.15, 0.2) is 0 Å². The summed E-state index contributed by atoms with van der Waals surface area (Å²) in [6.45, 7) is 2.78. The predicted octanol–water partition coefficient (Wildman–Crippen LogP) is 6.50. The third-order valence-corrected chi connectivity index (χ3v) is 5.29. The van der Waals surface area contributed by atoms with E-state index < -0.39 is 6.10 Å². The molecule has 3 heteroatoms. The minimum atomic E-state index is -0.636. The Morgan fingerprint density at radius 3 is 1.96 bits per heavy atom. The van der Waals surface area contributed by atoms with E-state index in [1.807, 2.05) is 30.3 Å². The average molecular weight is 390 g/mol. The van der Waals surface area contributed by atoms with Crippen molar-refractivity contribution in [2.45, 2.75) is 109 Å². The Hall–Kier alpha value is -1.32. The van der Waals surface area contributed by atoms with E-state index in [0.29, 0.717) is 6.61 Å². The molecule has 28 heavy (non-hydrogen) atoms. The zero-order valence-corrected chi connectivity index (χ0v) is 18.0. The Kier molecular flexibility index (Phi) is 15.7. The number of nitrogens with two attached hydrogens (primary N) is 1. The molecule has 2 atom stereocenters. The zero-order chi connectivity index (χ0) is 20.3. The minimum absolute atomic E-state index is 0.209. The zero-order valence-electron chi connectivity index (χ0n) is 18.0. The number of hydrogen-bond donors (Lipinski definition) is 2. The first-order valence-corrected chi connectivity index (χ1v) is 11.5. The molecule has 0 saturated carbocycles. The van der Waals surface area contributed by atoms with Gasteiger partial charge in [0.2, 0.25) is 0 Å². The summed E-state index contributed by atoms with van der Waals surface area (Å²) in [7, 11) is 0. The van der Waals surface area contributed by atoms with E-state index in [4.69, 9.17) is 10.5 Å². The smallest absolute Gasteiger partial charge is 0.112 e. The molecule has 1 rings (SSSR count). The molecule has 0 saturated heterocycles. The lowest BCUT2D eigenvalue weighted by molar-refractivity contribution is 0.173. The summed E-state index contributed by atoms with van der Waals surface area (Å²) in [6, 6.07) is 9.79. The number of benzene rings is 1. The van der Waals surface area contributed by atoms with Crippen molar-refractivity contribution >= 4 is 0 Å². The summed E-state index contributed by atoms with van der Waals surface area (Å²) in [5, 5.41) is 10.1. The maximum atomic E-state index is 10.1. The van der Waals surface area contributed by atoms with Crippen molar-refractivity contribution in [2.24, 2.45) is 5.73 Å². The molecule has 0 unspecified atom stereocenters. The monoisotopic (exact) mass is 389 g/mol. The first-order chi connectivity index (χ1) is 13.7. The van der Waals surface area contributed by atoms with Gasteiger partial charge in [-0.3, -0.25) is 0 Å². The summed E-state index contributed by atoms with van der Waals surface area (Å²) in [5.74, 6) is 0. The summed E-state index contributed by atoms with van der Waals surface area (Å²) >= 11 is 0. The molecule has 0 fully saturated rings. The highest BCUT2D eigenvalue weighted by atomic mass is 16.5. The highest BCUT2D eigenvalue weighted by Gasteiger charge is 2.11. The van der Waals surface area contributed by atoms with Gasteiger partial charge in [-0.1, -0.05) is 114 Å². The van der Waals surface area contributed by atoms with Crippen LogP contribution in [0.1, 0.15) is 96.0 Å². The van der Waals surface area contributed by atoms with Crippen LogP contribution in [0, 0.1) is 0 Å².